The van der Waals surface area contributed by atoms with Gasteiger partial charge in [0, 0.05) is 25.8 Å². The van der Waals surface area contributed by atoms with E-state index in [0.717, 1.165) is 12.2 Å². The van der Waals surface area contributed by atoms with Crippen LogP contribution in [0.15, 0.2) is 30.3 Å². The Labute approximate surface area is 114 Å². The Kier molecular flexibility index (Phi) is 5.80. The van der Waals surface area contributed by atoms with Gasteiger partial charge in [0.15, 0.2) is 5.25 Å². The van der Waals surface area contributed by atoms with Gasteiger partial charge in [-0.05, 0) is 25.5 Å². The van der Waals surface area contributed by atoms with E-state index < -0.39 is 15.3 Å². The normalized spacial score (nSPS) is 12.7. The first kappa shape index (κ1) is 15.5. The van der Waals surface area contributed by atoms with Gasteiger partial charge in [0.05, 0.1) is 6.07 Å². The topological polar surface area (TPSA) is 73.2 Å². The van der Waals surface area contributed by atoms with E-state index >= 15 is 0 Å². The highest BCUT2D eigenvalue weighted by atomic mass is 32.2. The average Bonchev–Trinajstić information content (AvgIpc) is 2.43. The number of sulfonamides is 1. The molecule has 1 aromatic rings. The van der Waals surface area contributed by atoms with Crippen molar-refractivity contribution in [3.63, 3.8) is 0 Å². The van der Waals surface area contributed by atoms with Crippen LogP contribution in [0.25, 0.3) is 0 Å². The monoisotopic (exact) mass is 281 g/mol. The lowest BCUT2D eigenvalue weighted by molar-refractivity contribution is 0.574. The van der Waals surface area contributed by atoms with Crippen LogP contribution >= 0.6 is 0 Å². The molecule has 0 heterocycles. The number of para-hydroxylation sites is 1. The first-order valence-corrected chi connectivity index (χ1v) is 7.66. The lowest BCUT2D eigenvalue weighted by Crippen LogP contribution is -2.33. The molecule has 0 amide bonds. The minimum Gasteiger partial charge on any atom is -0.375 e. The van der Waals surface area contributed by atoms with Gasteiger partial charge in [0.2, 0.25) is 10.0 Å². The van der Waals surface area contributed by atoms with Gasteiger partial charge < -0.3 is 4.90 Å². The highest BCUT2D eigenvalue weighted by molar-refractivity contribution is 7.90. The van der Waals surface area contributed by atoms with E-state index in [2.05, 4.69) is 9.62 Å². The number of anilines is 1. The molecule has 0 aromatic heterocycles. The molecule has 1 atom stereocenters. The third-order valence-electron chi connectivity index (χ3n) is 2.82. The van der Waals surface area contributed by atoms with Crippen molar-refractivity contribution in [2.75, 3.05) is 25.0 Å². The number of hydrogen-bond donors (Lipinski definition) is 1. The van der Waals surface area contributed by atoms with Crippen LogP contribution in [0.2, 0.25) is 0 Å². The van der Waals surface area contributed by atoms with Gasteiger partial charge in [0.25, 0.3) is 0 Å². The fourth-order valence-corrected chi connectivity index (χ4v) is 2.35. The quantitative estimate of drug-likeness (QED) is 0.766. The van der Waals surface area contributed by atoms with Gasteiger partial charge in [-0.2, -0.15) is 5.26 Å². The SMILES string of the molecule is CC(C#N)S(=O)(=O)NCCCN(C)c1ccccc1. The summed E-state index contributed by atoms with van der Waals surface area (Å²) in [5, 5.41) is 7.57. The van der Waals surface area contributed by atoms with Crippen LogP contribution in [0.5, 0.6) is 0 Å². The molecule has 0 saturated carbocycles. The first-order chi connectivity index (χ1) is 8.97. The fraction of sp³-hybridized carbons (Fsp3) is 0.462. The first-order valence-electron chi connectivity index (χ1n) is 6.11. The second-order valence-corrected chi connectivity index (χ2v) is 6.41. The number of hydrogen-bond acceptors (Lipinski definition) is 4. The summed E-state index contributed by atoms with van der Waals surface area (Å²) in [7, 11) is -1.54. The lowest BCUT2D eigenvalue weighted by Gasteiger charge is -2.19. The maximum absolute atomic E-state index is 11.5. The molecule has 0 aliphatic rings. The summed E-state index contributed by atoms with van der Waals surface area (Å²) in [4.78, 5) is 2.06. The zero-order valence-electron chi connectivity index (χ0n) is 11.2. The second-order valence-electron chi connectivity index (χ2n) is 4.32. The van der Waals surface area contributed by atoms with E-state index in [-0.39, 0.29) is 0 Å². The van der Waals surface area contributed by atoms with Crippen LogP contribution in [0.1, 0.15) is 13.3 Å². The molecule has 0 aliphatic heterocycles. The molecule has 0 radical (unpaired) electrons. The summed E-state index contributed by atoms with van der Waals surface area (Å²) < 4.78 is 25.5. The van der Waals surface area contributed by atoms with E-state index in [9.17, 15) is 8.42 Å². The number of rotatable bonds is 7. The number of nitrogens with one attached hydrogen (secondary N) is 1. The van der Waals surface area contributed by atoms with E-state index in [1.807, 2.05) is 37.4 Å². The summed E-state index contributed by atoms with van der Waals surface area (Å²) in [6.45, 7) is 2.46. The molecule has 0 aliphatic carbocycles. The van der Waals surface area contributed by atoms with E-state index in [0.29, 0.717) is 13.0 Å². The predicted octanol–water partition coefficient (Wildman–Crippen LogP) is 1.34. The van der Waals surface area contributed by atoms with Crippen LogP contribution in [-0.4, -0.2) is 33.8 Å². The van der Waals surface area contributed by atoms with Crippen molar-refractivity contribution >= 4 is 15.7 Å². The Morgan fingerprint density at radius 3 is 2.58 bits per heavy atom. The van der Waals surface area contributed by atoms with E-state index in [1.54, 1.807) is 6.07 Å². The summed E-state index contributed by atoms with van der Waals surface area (Å²) in [6.07, 6.45) is 0.683. The third-order valence-corrected chi connectivity index (χ3v) is 4.46. The number of nitriles is 1. The van der Waals surface area contributed by atoms with Gasteiger partial charge in [-0.25, -0.2) is 13.1 Å². The van der Waals surface area contributed by atoms with Crippen molar-refractivity contribution in [1.82, 2.24) is 4.72 Å². The van der Waals surface area contributed by atoms with Crippen LogP contribution in [-0.2, 0) is 10.0 Å². The van der Waals surface area contributed by atoms with Crippen molar-refractivity contribution in [2.24, 2.45) is 0 Å². The Balaban J connectivity index is 2.34. The standard InChI is InChI=1S/C13H19N3O2S/c1-12(11-14)19(17,18)15-9-6-10-16(2)13-7-4-3-5-8-13/h3-5,7-8,12,15H,6,9-10H2,1-2H3. The zero-order chi connectivity index (χ0) is 14.3. The maximum Gasteiger partial charge on any atom is 0.227 e. The average molecular weight is 281 g/mol. The minimum atomic E-state index is -3.50. The van der Waals surface area contributed by atoms with Crippen LogP contribution < -0.4 is 9.62 Å². The van der Waals surface area contributed by atoms with Crippen LogP contribution in [0.4, 0.5) is 5.69 Å². The van der Waals surface area contributed by atoms with Gasteiger partial charge >= 0.3 is 0 Å². The van der Waals surface area contributed by atoms with Gasteiger partial charge in [-0.15, -0.1) is 0 Å². The largest absolute Gasteiger partial charge is 0.375 e. The summed E-state index contributed by atoms with van der Waals surface area (Å²) in [6, 6.07) is 11.6. The maximum atomic E-state index is 11.5. The summed E-state index contributed by atoms with van der Waals surface area (Å²) in [5.41, 5.74) is 1.09. The molecule has 19 heavy (non-hydrogen) atoms. The molecule has 1 N–H and O–H groups in total. The smallest absolute Gasteiger partial charge is 0.227 e. The molecule has 1 aromatic carbocycles. The van der Waals surface area contributed by atoms with Crippen molar-refractivity contribution in [3.8, 4) is 6.07 Å². The molecular formula is C13H19N3O2S. The highest BCUT2D eigenvalue weighted by Crippen LogP contribution is 2.10. The second kappa shape index (κ2) is 7.12. The molecule has 1 rings (SSSR count). The van der Waals surface area contributed by atoms with Gasteiger partial charge in [-0.3, -0.25) is 0 Å². The Morgan fingerprint density at radius 2 is 2.00 bits per heavy atom. The molecule has 104 valence electrons. The predicted molar refractivity (Wildman–Crippen MR) is 76.3 cm³/mol. The molecule has 0 fully saturated rings. The summed E-state index contributed by atoms with van der Waals surface area (Å²) in [5.74, 6) is 0. The minimum absolute atomic E-state index is 0.339. The third kappa shape index (κ3) is 4.89. The van der Waals surface area contributed by atoms with E-state index in [4.69, 9.17) is 5.26 Å². The highest BCUT2D eigenvalue weighted by Gasteiger charge is 2.18. The number of nitrogens with zero attached hydrogens (tertiary/aromatic N) is 2. The van der Waals surface area contributed by atoms with Gasteiger partial charge in [-0.1, -0.05) is 18.2 Å². The summed E-state index contributed by atoms with van der Waals surface area (Å²) >= 11 is 0. The molecule has 0 spiro atoms. The Morgan fingerprint density at radius 1 is 1.37 bits per heavy atom. The fourth-order valence-electron chi connectivity index (χ4n) is 1.54. The zero-order valence-corrected chi connectivity index (χ0v) is 12.0. The van der Waals surface area contributed by atoms with Crippen molar-refractivity contribution < 1.29 is 8.42 Å². The molecule has 5 nitrogen and oxygen atoms in total. The van der Waals surface area contributed by atoms with Crippen molar-refractivity contribution in [1.29, 1.82) is 5.26 Å². The van der Waals surface area contributed by atoms with E-state index in [1.165, 1.54) is 6.92 Å². The molecule has 1 unspecified atom stereocenters. The molecular weight excluding hydrogens is 262 g/mol. The molecule has 0 bridgehead atoms. The molecule has 6 heteroatoms. The van der Waals surface area contributed by atoms with Gasteiger partial charge in [0.1, 0.15) is 0 Å². The number of benzene rings is 1. The Hall–Kier alpha value is -1.58. The molecule has 0 saturated heterocycles. The van der Waals surface area contributed by atoms with Crippen molar-refractivity contribution in [3.05, 3.63) is 30.3 Å². The Bertz CT molecular complexity index is 523. The van der Waals surface area contributed by atoms with Crippen LogP contribution in [0, 0.1) is 11.3 Å². The lowest BCUT2D eigenvalue weighted by atomic mass is 10.3. The van der Waals surface area contributed by atoms with Crippen LogP contribution in [0.3, 0.4) is 0 Å². The van der Waals surface area contributed by atoms with Crippen molar-refractivity contribution in [2.45, 2.75) is 18.6 Å².